The molecule has 0 aromatic carbocycles. The Kier molecular flexibility index (Phi) is 15.5. The summed E-state index contributed by atoms with van der Waals surface area (Å²) in [5.41, 5.74) is 0. The van der Waals surface area contributed by atoms with Crippen molar-refractivity contribution in [3.63, 3.8) is 0 Å². The van der Waals surface area contributed by atoms with Gasteiger partial charge in [-0.25, -0.2) is 0 Å². The van der Waals surface area contributed by atoms with E-state index in [1.807, 2.05) is 6.92 Å². The molecule has 0 aromatic heterocycles. The predicted octanol–water partition coefficient (Wildman–Crippen LogP) is 6.41. The Morgan fingerprint density at radius 3 is 1.42 bits per heavy atom. The molecule has 0 atom stereocenters. The highest BCUT2D eigenvalue weighted by Gasteiger charge is 2.18. The third-order valence-corrected chi connectivity index (χ3v) is 4.37. The van der Waals surface area contributed by atoms with Crippen LogP contribution in [0.2, 0.25) is 0 Å². The molecule has 0 rings (SSSR count). The van der Waals surface area contributed by atoms with Gasteiger partial charge in [0.25, 0.3) is 0 Å². The molecule has 0 saturated carbocycles. The maximum Gasteiger partial charge on any atom is 0.308 e. The normalized spacial score (nSPS) is 11.4. The van der Waals surface area contributed by atoms with E-state index in [0.29, 0.717) is 31.1 Å². The topological polar surface area (TPSA) is 52.6 Å². The Morgan fingerprint density at radius 1 is 0.654 bits per heavy atom. The van der Waals surface area contributed by atoms with Gasteiger partial charge in [0.2, 0.25) is 6.29 Å². The van der Waals surface area contributed by atoms with Crippen molar-refractivity contribution in [2.75, 3.05) is 0 Å². The van der Waals surface area contributed by atoms with Crippen molar-refractivity contribution < 1.29 is 19.1 Å². The van der Waals surface area contributed by atoms with Crippen LogP contribution in [0.4, 0.5) is 0 Å². The minimum atomic E-state index is -0.716. The van der Waals surface area contributed by atoms with Gasteiger partial charge in [0.05, 0.1) is 0 Å². The summed E-state index contributed by atoms with van der Waals surface area (Å²) in [6.45, 7) is 10.8. The monoisotopic (exact) mass is 370 g/mol. The van der Waals surface area contributed by atoms with Crippen LogP contribution in [-0.4, -0.2) is 18.2 Å². The van der Waals surface area contributed by atoms with Gasteiger partial charge in [-0.3, -0.25) is 9.59 Å². The zero-order chi connectivity index (χ0) is 19.8. The summed E-state index contributed by atoms with van der Waals surface area (Å²) in [5.74, 6) is 0.914. The first-order chi connectivity index (χ1) is 12.3. The van der Waals surface area contributed by atoms with E-state index in [0.717, 1.165) is 44.9 Å². The number of carbonyl (C=O) groups is 2. The third-order valence-electron chi connectivity index (χ3n) is 4.37. The summed E-state index contributed by atoms with van der Waals surface area (Å²) in [7, 11) is 0. The van der Waals surface area contributed by atoms with Crippen molar-refractivity contribution in [1.82, 2.24) is 0 Å². The van der Waals surface area contributed by atoms with Crippen molar-refractivity contribution in [3.8, 4) is 0 Å². The minimum absolute atomic E-state index is 0.252. The average Bonchev–Trinajstić information content (AvgIpc) is 2.53. The number of hydrogen-bond donors (Lipinski definition) is 0. The van der Waals surface area contributed by atoms with E-state index < -0.39 is 6.29 Å². The van der Waals surface area contributed by atoms with Crippen LogP contribution >= 0.6 is 0 Å². The van der Waals surface area contributed by atoms with E-state index in [1.165, 1.54) is 12.8 Å². The van der Waals surface area contributed by atoms with Crippen molar-refractivity contribution in [1.29, 1.82) is 0 Å². The fourth-order valence-electron chi connectivity index (χ4n) is 2.79. The second kappa shape index (κ2) is 16.1. The van der Waals surface area contributed by atoms with Crippen molar-refractivity contribution in [2.45, 2.75) is 118 Å². The van der Waals surface area contributed by atoms with E-state index in [4.69, 9.17) is 9.47 Å². The van der Waals surface area contributed by atoms with Crippen LogP contribution in [0.3, 0.4) is 0 Å². The Balaban J connectivity index is 3.95. The predicted molar refractivity (Wildman–Crippen MR) is 107 cm³/mol. The molecule has 0 unspecified atom stereocenters. The zero-order valence-electron chi connectivity index (χ0n) is 17.9. The molecule has 0 amide bonds. The molecule has 0 aliphatic carbocycles. The van der Waals surface area contributed by atoms with Crippen molar-refractivity contribution in [3.05, 3.63) is 0 Å². The standard InChI is InChI=1S/C22H42O4/c1-6-13-22(25-20(23)16-11-7-9-14-18(2)3)26-21(24)17-12-8-10-15-19(4)5/h18-19,22H,6-17H2,1-5H3. The van der Waals surface area contributed by atoms with Gasteiger partial charge in [-0.15, -0.1) is 0 Å². The lowest BCUT2D eigenvalue weighted by Crippen LogP contribution is -2.24. The highest BCUT2D eigenvalue weighted by molar-refractivity contribution is 5.71. The third kappa shape index (κ3) is 16.4. The molecule has 0 spiro atoms. The molecule has 0 radical (unpaired) electrons. The average molecular weight is 371 g/mol. The number of unbranched alkanes of at least 4 members (excludes halogenated alkanes) is 4. The fourth-order valence-corrected chi connectivity index (χ4v) is 2.79. The molecule has 0 aliphatic rings. The summed E-state index contributed by atoms with van der Waals surface area (Å²) in [6.07, 6.45) is 9.94. The maximum absolute atomic E-state index is 12.0. The molecule has 0 aliphatic heterocycles. The minimum Gasteiger partial charge on any atom is -0.425 e. The van der Waals surface area contributed by atoms with Crippen LogP contribution in [0, 0.1) is 11.8 Å². The van der Waals surface area contributed by atoms with Gasteiger partial charge >= 0.3 is 11.9 Å². The number of hydrogen-bond acceptors (Lipinski definition) is 4. The Morgan fingerprint density at radius 2 is 1.08 bits per heavy atom. The van der Waals surface area contributed by atoms with Gasteiger partial charge in [-0.1, -0.05) is 73.1 Å². The first kappa shape index (κ1) is 24.9. The van der Waals surface area contributed by atoms with Crippen LogP contribution in [0.5, 0.6) is 0 Å². The quantitative estimate of drug-likeness (QED) is 0.179. The molecule has 154 valence electrons. The van der Waals surface area contributed by atoms with E-state index in [2.05, 4.69) is 27.7 Å². The van der Waals surface area contributed by atoms with Gasteiger partial charge in [0, 0.05) is 19.3 Å². The fraction of sp³-hybridized carbons (Fsp3) is 0.909. The second-order valence-electron chi connectivity index (χ2n) is 8.18. The Labute approximate surface area is 161 Å². The Hall–Kier alpha value is -1.06. The van der Waals surface area contributed by atoms with E-state index >= 15 is 0 Å². The van der Waals surface area contributed by atoms with Gasteiger partial charge in [0.15, 0.2) is 0 Å². The lowest BCUT2D eigenvalue weighted by molar-refractivity contribution is -0.189. The highest BCUT2D eigenvalue weighted by atomic mass is 16.7. The van der Waals surface area contributed by atoms with Crippen LogP contribution in [0.15, 0.2) is 0 Å². The van der Waals surface area contributed by atoms with Crippen molar-refractivity contribution in [2.24, 2.45) is 11.8 Å². The van der Waals surface area contributed by atoms with Gasteiger partial charge in [-0.05, 0) is 31.1 Å². The van der Waals surface area contributed by atoms with E-state index in [1.54, 1.807) is 0 Å². The molecular formula is C22H42O4. The lowest BCUT2D eigenvalue weighted by Gasteiger charge is -2.18. The summed E-state index contributed by atoms with van der Waals surface area (Å²) >= 11 is 0. The summed E-state index contributed by atoms with van der Waals surface area (Å²) in [5, 5.41) is 0. The van der Waals surface area contributed by atoms with Crippen LogP contribution in [0.1, 0.15) is 112 Å². The number of ether oxygens (including phenoxy) is 2. The summed E-state index contributed by atoms with van der Waals surface area (Å²) in [6, 6.07) is 0. The number of esters is 2. The second-order valence-corrected chi connectivity index (χ2v) is 8.18. The van der Waals surface area contributed by atoms with Gasteiger partial charge in [0.1, 0.15) is 0 Å². The van der Waals surface area contributed by atoms with Crippen molar-refractivity contribution >= 4 is 11.9 Å². The molecule has 0 bridgehead atoms. The molecular weight excluding hydrogens is 328 g/mol. The van der Waals surface area contributed by atoms with Gasteiger partial charge < -0.3 is 9.47 Å². The zero-order valence-corrected chi connectivity index (χ0v) is 17.9. The molecule has 0 aromatic rings. The first-order valence-electron chi connectivity index (χ1n) is 10.7. The highest BCUT2D eigenvalue weighted by Crippen LogP contribution is 2.14. The molecule has 0 saturated heterocycles. The van der Waals surface area contributed by atoms with Gasteiger partial charge in [-0.2, -0.15) is 0 Å². The summed E-state index contributed by atoms with van der Waals surface area (Å²) in [4.78, 5) is 23.9. The van der Waals surface area contributed by atoms with Crippen LogP contribution in [-0.2, 0) is 19.1 Å². The number of rotatable bonds is 16. The molecule has 0 fully saturated rings. The molecule has 0 N–H and O–H groups in total. The molecule has 4 heteroatoms. The van der Waals surface area contributed by atoms with E-state index in [9.17, 15) is 9.59 Å². The first-order valence-corrected chi connectivity index (χ1v) is 10.7. The number of carbonyl (C=O) groups excluding carboxylic acids is 2. The lowest BCUT2D eigenvalue weighted by atomic mass is 10.0. The maximum atomic E-state index is 12.0. The molecule has 26 heavy (non-hydrogen) atoms. The SMILES string of the molecule is CCCC(OC(=O)CCCCCC(C)C)OC(=O)CCCCCC(C)C. The molecule has 0 heterocycles. The summed E-state index contributed by atoms with van der Waals surface area (Å²) < 4.78 is 10.7. The Bertz CT molecular complexity index is 331. The van der Waals surface area contributed by atoms with E-state index in [-0.39, 0.29) is 11.9 Å². The largest absolute Gasteiger partial charge is 0.425 e. The smallest absolute Gasteiger partial charge is 0.308 e. The van der Waals surface area contributed by atoms with Crippen LogP contribution in [0.25, 0.3) is 0 Å². The molecule has 4 nitrogen and oxygen atoms in total. The van der Waals surface area contributed by atoms with Crippen LogP contribution < -0.4 is 0 Å².